The molecule has 2 amide bonds. The van der Waals surface area contributed by atoms with Crippen LogP contribution in [0.3, 0.4) is 0 Å². The maximum atomic E-state index is 12.4. The molecule has 1 N–H and O–H groups in total. The van der Waals surface area contributed by atoms with Gasteiger partial charge in [0.05, 0.1) is 0 Å². The van der Waals surface area contributed by atoms with Crippen LogP contribution in [0.5, 0.6) is 0 Å². The Morgan fingerprint density at radius 3 is 2.40 bits per heavy atom. The first-order valence-electron chi connectivity index (χ1n) is 7.40. The van der Waals surface area contributed by atoms with Crippen LogP contribution >= 0.6 is 0 Å². The van der Waals surface area contributed by atoms with E-state index in [2.05, 4.69) is 19.2 Å². The Labute approximate surface area is 122 Å². The summed E-state index contributed by atoms with van der Waals surface area (Å²) in [5, 5.41) is 2.61. The van der Waals surface area contributed by atoms with Crippen molar-refractivity contribution in [1.29, 1.82) is 0 Å². The van der Waals surface area contributed by atoms with Crippen molar-refractivity contribution in [2.24, 2.45) is 5.92 Å². The Morgan fingerprint density at radius 1 is 1.30 bits per heavy atom. The Kier molecular flexibility index (Phi) is 5.42. The second-order valence-corrected chi connectivity index (χ2v) is 6.88. The minimum absolute atomic E-state index is 0.0322. The first-order chi connectivity index (χ1) is 9.10. The van der Waals surface area contributed by atoms with Gasteiger partial charge < -0.3 is 15.0 Å². The highest BCUT2D eigenvalue weighted by Crippen LogP contribution is 2.22. The summed E-state index contributed by atoms with van der Waals surface area (Å²) in [6.45, 7) is 12.1. The summed E-state index contributed by atoms with van der Waals surface area (Å²) in [5.41, 5.74) is -0.555. The Morgan fingerprint density at radius 2 is 1.90 bits per heavy atom. The Balaban J connectivity index is 2.52. The Bertz CT molecular complexity index is 363. The van der Waals surface area contributed by atoms with Gasteiger partial charge in [-0.2, -0.15) is 0 Å². The van der Waals surface area contributed by atoms with E-state index in [0.717, 1.165) is 19.4 Å². The van der Waals surface area contributed by atoms with Crippen LogP contribution in [0.2, 0.25) is 0 Å². The molecule has 5 heteroatoms. The van der Waals surface area contributed by atoms with Crippen LogP contribution in [0, 0.1) is 5.92 Å². The number of ether oxygens (including phenoxy) is 1. The van der Waals surface area contributed by atoms with Gasteiger partial charge in [-0.1, -0.05) is 6.92 Å². The summed E-state index contributed by atoms with van der Waals surface area (Å²) in [6, 6.07) is -0.324. The van der Waals surface area contributed by atoms with E-state index >= 15 is 0 Å². The number of amides is 2. The van der Waals surface area contributed by atoms with E-state index in [1.165, 1.54) is 0 Å². The van der Waals surface area contributed by atoms with E-state index in [0.29, 0.717) is 5.92 Å². The fourth-order valence-electron chi connectivity index (χ4n) is 2.53. The topological polar surface area (TPSA) is 58.6 Å². The third-order valence-electron chi connectivity index (χ3n) is 3.53. The van der Waals surface area contributed by atoms with E-state index in [4.69, 9.17) is 4.74 Å². The summed E-state index contributed by atoms with van der Waals surface area (Å²) in [7, 11) is 0. The molecule has 1 aliphatic heterocycles. The third-order valence-corrected chi connectivity index (χ3v) is 3.53. The predicted molar refractivity (Wildman–Crippen MR) is 78.4 cm³/mol. The molecule has 3 atom stereocenters. The minimum atomic E-state index is -0.555. The van der Waals surface area contributed by atoms with E-state index in [9.17, 15) is 9.59 Å². The highest BCUT2D eigenvalue weighted by molar-refractivity contribution is 5.85. The van der Waals surface area contributed by atoms with Crippen LogP contribution in [-0.4, -0.2) is 41.1 Å². The molecule has 1 saturated heterocycles. The van der Waals surface area contributed by atoms with Gasteiger partial charge in [0.2, 0.25) is 5.91 Å². The zero-order valence-corrected chi connectivity index (χ0v) is 13.5. The molecule has 1 heterocycles. The molecule has 1 rings (SSSR count). The average molecular weight is 284 g/mol. The van der Waals surface area contributed by atoms with E-state index in [-0.39, 0.29) is 11.9 Å². The molecule has 3 unspecified atom stereocenters. The van der Waals surface area contributed by atoms with E-state index in [1.807, 2.05) is 4.90 Å². The first-order valence-corrected chi connectivity index (χ1v) is 7.40. The van der Waals surface area contributed by atoms with Crippen LogP contribution in [0.25, 0.3) is 0 Å². The highest BCUT2D eigenvalue weighted by atomic mass is 16.6. The van der Waals surface area contributed by atoms with Crippen molar-refractivity contribution in [3.63, 3.8) is 0 Å². The number of piperidine rings is 1. The molecule has 0 bridgehead atoms. The van der Waals surface area contributed by atoms with Crippen molar-refractivity contribution < 1.29 is 14.3 Å². The van der Waals surface area contributed by atoms with Crippen molar-refractivity contribution in [1.82, 2.24) is 10.2 Å². The lowest BCUT2D eigenvalue weighted by atomic mass is 9.93. The fourth-order valence-corrected chi connectivity index (χ4v) is 2.53. The molecule has 5 nitrogen and oxygen atoms in total. The number of nitrogens with one attached hydrogen (secondary N) is 1. The molecule has 0 aromatic carbocycles. The third kappa shape index (κ3) is 5.02. The molecule has 0 aliphatic carbocycles. The zero-order chi connectivity index (χ0) is 15.5. The van der Waals surface area contributed by atoms with Gasteiger partial charge in [0.1, 0.15) is 11.6 Å². The molecule has 20 heavy (non-hydrogen) atoms. The fraction of sp³-hybridized carbons (Fsp3) is 0.867. The first kappa shape index (κ1) is 16.8. The van der Waals surface area contributed by atoms with Gasteiger partial charge in [-0.05, 0) is 53.4 Å². The lowest BCUT2D eigenvalue weighted by Crippen LogP contribution is -2.53. The molecule has 0 spiro atoms. The summed E-state index contributed by atoms with van der Waals surface area (Å²) in [5.74, 6) is 0.624. The predicted octanol–water partition coefficient (Wildman–Crippen LogP) is 2.55. The maximum absolute atomic E-state index is 12.4. The maximum Gasteiger partial charge on any atom is 0.408 e. The largest absolute Gasteiger partial charge is 0.444 e. The standard InChI is InChI=1S/C15H28N2O3/c1-10-7-8-17(11(2)9-10)13(18)12(3)16-14(19)20-15(4,5)6/h10-12H,7-9H2,1-6H3,(H,16,19). The number of carbonyl (C=O) groups is 2. The average Bonchev–Trinajstić information content (AvgIpc) is 2.25. The van der Waals surface area contributed by atoms with E-state index < -0.39 is 17.7 Å². The number of carbonyl (C=O) groups excluding carboxylic acids is 2. The number of hydrogen-bond acceptors (Lipinski definition) is 3. The van der Waals surface area contributed by atoms with Crippen molar-refractivity contribution in [2.75, 3.05) is 6.54 Å². The molecular weight excluding hydrogens is 256 g/mol. The molecule has 0 saturated carbocycles. The molecule has 1 fully saturated rings. The van der Waals surface area contributed by atoms with Gasteiger partial charge >= 0.3 is 6.09 Å². The van der Waals surface area contributed by atoms with Crippen molar-refractivity contribution in [2.45, 2.75) is 72.1 Å². The normalized spacial score (nSPS) is 25.0. The lowest BCUT2D eigenvalue weighted by molar-refractivity contribution is -0.136. The zero-order valence-electron chi connectivity index (χ0n) is 13.5. The van der Waals surface area contributed by atoms with Gasteiger partial charge in [0.15, 0.2) is 0 Å². The summed E-state index contributed by atoms with van der Waals surface area (Å²) < 4.78 is 5.17. The second kappa shape index (κ2) is 6.46. The highest BCUT2D eigenvalue weighted by Gasteiger charge is 2.30. The summed E-state index contributed by atoms with van der Waals surface area (Å²) in [4.78, 5) is 25.9. The number of rotatable bonds is 2. The number of hydrogen-bond donors (Lipinski definition) is 1. The van der Waals surface area contributed by atoms with Gasteiger partial charge in [-0.25, -0.2) is 4.79 Å². The molecule has 0 aromatic heterocycles. The monoisotopic (exact) mass is 284 g/mol. The minimum Gasteiger partial charge on any atom is -0.444 e. The molecule has 1 aliphatic rings. The van der Waals surface area contributed by atoms with Crippen LogP contribution in [0.4, 0.5) is 4.79 Å². The lowest BCUT2D eigenvalue weighted by Gasteiger charge is -2.38. The van der Waals surface area contributed by atoms with Gasteiger partial charge in [-0.3, -0.25) is 4.79 Å². The molecule has 116 valence electrons. The van der Waals surface area contributed by atoms with Crippen LogP contribution in [-0.2, 0) is 9.53 Å². The summed E-state index contributed by atoms with van der Waals surface area (Å²) >= 11 is 0. The molecule has 0 radical (unpaired) electrons. The van der Waals surface area contributed by atoms with Gasteiger partial charge in [-0.15, -0.1) is 0 Å². The van der Waals surface area contributed by atoms with E-state index in [1.54, 1.807) is 27.7 Å². The van der Waals surface area contributed by atoms with Crippen LogP contribution < -0.4 is 5.32 Å². The number of nitrogens with zero attached hydrogens (tertiary/aromatic N) is 1. The SMILES string of the molecule is CC1CCN(C(=O)C(C)NC(=O)OC(C)(C)C)C(C)C1. The Hall–Kier alpha value is -1.26. The van der Waals surface area contributed by atoms with Crippen molar-refractivity contribution in [3.05, 3.63) is 0 Å². The molecule has 0 aromatic rings. The second-order valence-electron chi connectivity index (χ2n) is 6.88. The number of likely N-dealkylation sites (tertiary alicyclic amines) is 1. The van der Waals surface area contributed by atoms with Crippen molar-refractivity contribution in [3.8, 4) is 0 Å². The van der Waals surface area contributed by atoms with Crippen LogP contribution in [0.1, 0.15) is 54.4 Å². The number of alkyl carbamates (subject to hydrolysis) is 1. The molecular formula is C15H28N2O3. The van der Waals surface area contributed by atoms with Crippen LogP contribution in [0.15, 0.2) is 0 Å². The smallest absolute Gasteiger partial charge is 0.408 e. The van der Waals surface area contributed by atoms with Gasteiger partial charge in [0, 0.05) is 12.6 Å². The summed E-state index contributed by atoms with van der Waals surface area (Å²) in [6.07, 6.45) is 1.50. The van der Waals surface area contributed by atoms with Gasteiger partial charge in [0.25, 0.3) is 0 Å². The van der Waals surface area contributed by atoms with Crippen molar-refractivity contribution >= 4 is 12.0 Å². The quantitative estimate of drug-likeness (QED) is 0.847.